The van der Waals surface area contributed by atoms with Crippen LogP contribution in [0, 0.1) is 0 Å². The highest BCUT2D eigenvalue weighted by atomic mass is 16.5. The summed E-state index contributed by atoms with van der Waals surface area (Å²) >= 11 is 0. The van der Waals surface area contributed by atoms with E-state index >= 15 is 0 Å². The molecule has 0 aliphatic carbocycles. The van der Waals surface area contributed by atoms with Crippen LogP contribution in [0.5, 0.6) is 11.5 Å². The van der Waals surface area contributed by atoms with Gasteiger partial charge in [-0.2, -0.15) is 0 Å². The van der Waals surface area contributed by atoms with E-state index in [9.17, 15) is 4.79 Å². The summed E-state index contributed by atoms with van der Waals surface area (Å²) in [4.78, 5) is 12.5. The molecular weight excluding hydrogens is 350 g/mol. The first kappa shape index (κ1) is 18.4. The van der Waals surface area contributed by atoms with Crippen LogP contribution >= 0.6 is 0 Å². The fourth-order valence-electron chi connectivity index (χ4n) is 3.86. The predicted octanol–water partition coefficient (Wildman–Crippen LogP) is 5.50. The van der Waals surface area contributed by atoms with Crippen LogP contribution in [0.2, 0.25) is 0 Å². The van der Waals surface area contributed by atoms with Crippen molar-refractivity contribution in [1.29, 1.82) is 0 Å². The van der Waals surface area contributed by atoms with Gasteiger partial charge in [-0.1, -0.05) is 42.5 Å². The van der Waals surface area contributed by atoms with E-state index in [1.807, 2.05) is 51.1 Å². The SMILES string of the molecule is CCOc1cc(C2CC(=O)Nc3c2ccc2ccccc32)ccc1OC(C)C. The first-order valence-electron chi connectivity index (χ1n) is 9.81. The highest BCUT2D eigenvalue weighted by Crippen LogP contribution is 2.43. The maximum absolute atomic E-state index is 12.5. The van der Waals surface area contributed by atoms with Gasteiger partial charge in [0.25, 0.3) is 0 Å². The Kier molecular flexibility index (Phi) is 4.95. The monoisotopic (exact) mass is 375 g/mol. The number of rotatable bonds is 5. The fourth-order valence-corrected chi connectivity index (χ4v) is 3.86. The van der Waals surface area contributed by atoms with Crippen LogP contribution in [0.4, 0.5) is 5.69 Å². The minimum absolute atomic E-state index is 0.0133. The van der Waals surface area contributed by atoms with E-state index < -0.39 is 0 Å². The van der Waals surface area contributed by atoms with E-state index in [1.165, 1.54) is 0 Å². The Morgan fingerprint density at radius 2 is 1.89 bits per heavy atom. The molecule has 0 bridgehead atoms. The lowest BCUT2D eigenvalue weighted by molar-refractivity contribution is -0.116. The van der Waals surface area contributed by atoms with Crippen LogP contribution in [0.3, 0.4) is 0 Å². The molecular formula is C24H25NO3. The molecule has 0 spiro atoms. The van der Waals surface area contributed by atoms with Crippen molar-refractivity contribution in [1.82, 2.24) is 0 Å². The zero-order valence-electron chi connectivity index (χ0n) is 16.5. The molecule has 0 radical (unpaired) electrons. The van der Waals surface area contributed by atoms with Crippen LogP contribution in [0.1, 0.15) is 44.2 Å². The number of carbonyl (C=O) groups excluding carboxylic acids is 1. The van der Waals surface area contributed by atoms with Gasteiger partial charge in [0.1, 0.15) is 0 Å². The highest BCUT2D eigenvalue weighted by molar-refractivity contribution is 6.06. The average Bonchev–Trinajstić information content (AvgIpc) is 2.68. The van der Waals surface area contributed by atoms with Gasteiger partial charge >= 0.3 is 0 Å². The Labute approximate surface area is 165 Å². The molecule has 1 amide bonds. The summed E-state index contributed by atoms with van der Waals surface area (Å²) in [5.41, 5.74) is 3.11. The van der Waals surface area contributed by atoms with Gasteiger partial charge in [-0.05, 0) is 49.4 Å². The molecule has 1 N–H and O–H groups in total. The molecule has 28 heavy (non-hydrogen) atoms. The number of fused-ring (bicyclic) bond motifs is 3. The van der Waals surface area contributed by atoms with Crippen molar-refractivity contribution in [2.75, 3.05) is 11.9 Å². The lowest BCUT2D eigenvalue weighted by atomic mass is 9.83. The summed E-state index contributed by atoms with van der Waals surface area (Å²) in [5.74, 6) is 1.48. The van der Waals surface area contributed by atoms with Gasteiger partial charge in [-0.15, -0.1) is 0 Å². The zero-order chi connectivity index (χ0) is 19.7. The Morgan fingerprint density at radius 3 is 2.68 bits per heavy atom. The Balaban J connectivity index is 1.81. The highest BCUT2D eigenvalue weighted by Gasteiger charge is 2.28. The third kappa shape index (κ3) is 3.42. The van der Waals surface area contributed by atoms with Gasteiger partial charge in [0, 0.05) is 17.7 Å². The summed E-state index contributed by atoms with van der Waals surface area (Å²) in [7, 11) is 0. The van der Waals surface area contributed by atoms with Crippen molar-refractivity contribution < 1.29 is 14.3 Å². The van der Waals surface area contributed by atoms with Gasteiger partial charge in [-0.25, -0.2) is 0 Å². The lowest BCUT2D eigenvalue weighted by Crippen LogP contribution is -2.23. The van der Waals surface area contributed by atoms with Gasteiger partial charge in [0.05, 0.1) is 18.4 Å². The summed E-state index contributed by atoms with van der Waals surface area (Å²) < 4.78 is 11.7. The van der Waals surface area contributed by atoms with Crippen LogP contribution < -0.4 is 14.8 Å². The molecule has 0 fully saturated rings. The maximum atomic E-state index is 12.5. The van der Waals surface area contributed by atoms with Gasteiger partial charge in [-0.3, -0.25) is 4.79 Å². The fraction of sp³-hybridized carbons (Fsp3) is 0.292. The van der Waals surface area contributed by atoms with E-state index in [4.69, 9.17) is 9.47 Å². The molecule has 144 valence electrons. The molecule has 0 aromatic heterocycles. The van der Waals surface area contributed by atoms with E-state index in [0.29, 0.717) is 13.0 Å². The van der Waals surface area contributed by atoms with Crippen molar-refractivity contribution in [3.63, 3.8) is 0 Å². The minimum atomic E-state index is -0.0133. The molecule has 3 aromatic carbocycles. The second-order valence-corrected chi connectivity index (χ2v) is 7.36. The molecule has 1 atom stereocenters. The standard InChI is InChI=1S/C24H25NO3/c1-4-27-22-13-17(10-12-21(22)28-15(2)3)20-14-23(26)25-24-18-8-6-5-7-16(18)9-11-19(20)24/h5-13,15,20H,4,14H2,1-3H3,(H,25,26). The molecule has 0 saturated carbocycles. The third-order valence-electron chi connectivity index (χ3n) is 5.02. The molecule has 0 saturated heterocycles. The second kappa shape index (κ2) is 7.55. The van der Waals surface area contributed by atoms with Crippen molar-refractivity contribution in [2.24, 2.45) is 0 Å². The molecule has 4 rings (SSSR count). The van der Waals surface area contributed by atoms with E-state index in [0.717, 1.165) is 39.1 Å². The van der Waals surface area contributed by atoms with Crippen molar-refractivity contribution in [3.05, 3.63) is 65.7 Å². The number of anilines is 1. The summed E-state index contributed by atoms with van der Waals surface area (Å²) in [6, 6.07) is 18.4. The quantitative estimate of drug-likeness (QED) is 0.640. The second-order valence-electron chi connectivity index (χ2n) is 7.36. The largest absolute Gasteiger partial charge is 0.490 e. The number of hydrogen-bond donors (Lipinski definition) is 1. The van der Waals surface area contributed by atoms with Gasteiger partial charge in [0.15, 0.2) is 11.5 Å². The Morgan fingerprint density at radius 1 is 1.07 bits per heavy atom. The maximum Gasteiger partial charge on any atom is 0.225 e. The molecule has 4 nitrogen and oxygen atoms in total. The minimum Gasteiger partial charge on any atom is -0.490 e. The molecule has 4 heteroatoms. The van der Waals surface area contributed by atoms with E-state index in [1.54, 1.807) is 0 Å². The smallest absolute Gasteiger partial charge is 0.225 e. The molecule has 1 aliphatic heterocycles. The third-order valence-corrected chi connectivity index (χ3v) is 5.02. The molecule has 1 aliphatic rings. The number of benzene rings is 3. The summed E-state index contributed by atoms with van der Waals surface area (Å²) in [6.07, 6.45) is 0.485. The topological polar surface area (TPSA) is 47.6 Å². The first-order chi connectivity index (χ1) is 13.6. The Bertz CT molecular complexity index is 1030. The summed E-state index contributed by atoms with van der Waals surface area (Å²) in [5, 5.41) is 5.28. The number of amides is 1. The van der Waals surface area contributed by atoms with Crippen molar-refractivity contribution in [3.8, 4) is 11.5 Å². The molecule has 3 aromatic rings. The number of nitrogens with one attached hydrogen (secondary N) is 1. The zero-order valence-corrected chi connectivity index (χ0v) is 16.5. The number of ether oxygens (including phenoxy) is 2. The van der Waals surface area contributed by atoms with Crippen LogP contribution in [0.25, 0.3) is 10.8 Å². The molecule has 1 unspecified atom stereocenters. The van der Waals surface area contributed by atoms with E-state index in [2.05, 4.69) is 29.6 Å². The van der Waals surface area contributed by atoms with E-state index in [-0.39, 0.29) is 17.9 Å². The summed E-state index contributed by atoms with van der Waals surface area (Å²) in [6.45, 7) is 6.51. The number of carbonyl (C=O) groups is 1. The van der Waals surface area contributed by atoms with Gasteiger partial charge in [0.2, 0.25) is 5.91 Å². The van der Waals surface area contributed by atoms with Crippen LogP contribution in [-0.2, 0) is 4.79 Å². The molecule has 1 heterocycles. The van der Waals surface area contributed by atoms with Gasteiger partial charge < -0.3 is 14.8 Å². The predicted molar refractivity (Wildman–Crippen MR) is 112 cm³/mol. The van der Waals surface area contributed by atoms with Crippen LogP contribution in [0.15, 0.2) is 54.6 Å². The number of hydrogen-bond acceptors (Lipinski definition) is 3. The normalized spacial score (nSPS) is 16.0. The Hall–Kier alpha value is -3.01. The average molecular weight is 375 g/mol. The lowest BCUT2D eigenvalue weighted by Gasteiger charge is -2.28. The van der Waals surface area contributed by atoms with Crippen molar-refractivity contribution in [2.45, 2.75) is 39.2 Å². The first-order valence-corrected chi connectivity index (χ1v) is 9.81. The van der Waals surface area contributed by atoms with Crippen LogP contribution in [-0.4, -0.2) is 18.6 Å². The van der Waals surface area contributed by atoms with Crippen molar-refractivity contribution >= 4 is 22.4 Å².